The molecule has 0 bridgehead atoms. The standard InChI is InChI=1S/C15H23NO/c1-11(2)15-7-5-4-6-14(15)9-13(10-16)8-12(3)17/h4-7,11,13H,8-10,16H2,1-3H3/t13-/m0/s1. The first kappa shape index (κ1) is 13.9. The largest absolute Gasteiger partial charge is 0.330 e. The van der Waals surface area contributed by atoms with E-state index in [1.807, 2.05) is 0 Å². The van der Waals surface area contributed by atoms with Crippen LogP contribution in [0.4, 0.5) is 0 Å². The second kappa shape index (κ2) is 6.55. The van der Waals surface area contributed by atoms with Crippen LogP contribution in [0.3, 0.4) is 0 Å². The lowest BCUT2D eigenvalue weighted by Gasteiger charge is -2.17. The zero-order valence-corrected chi connectivity index (χ0v) is 11.1. The minimum atomic E-state index is 0.225. The van der Waals surface area contributed by atoms with Crippen molar-refractivity contribution in [1.82, 2.24) is 0 Å². The van der Waals surface area contributed by atoms with E-state index in [0.717, 1.165) is 6.42 Å². The van der Waals surface area contributed by atoms with Gasteiger partial charge in [0.1, 0.15) is 5.78 Å². The van der Waals surface area contributed by atoms with Crippen molar-refractivity contribution >= 4 is 5.78 Å². The molecule has 94 valence electrons. The first-order valence-corrected chi connectivity index (χ1v) is 6.31. The highest BCUT2D eigenvalue weighted by Gasteiger charge is 2.13. The second-order valence-corrected chi connectivity index (χ2v) is 5.07. The van der Waals surface area contributed by atoms with Crippen LogP contribution in [0.5, 0.6) is 0 Å². The summed E-state index contributed by atoms with van der Waals surface area (Å²) in [7, 11) is 0. The zero-order chi connectivity index (χ0) is 12.8. The monoisotopic (exact) mass is 233 g/mol. The van der Waals surface area contributed by atoms with Gasteiger partial charge in [-0.15, -0.1) is 0 Å². The van der Waals surface area contributed by atoms with E-state index >= 15 is 0 Å². The molecule has 1 rings (SSSR count). The Labute approximate surface area is 104 Å². The number of Topliss-reactive ketones (excluding diaryl/α,β-unsaturated/α-hetero) is 1. The molecule has 0 aliphatic rings. The molecule has 0 aromatic heterocycles. The zero-order valence-electron chi connectivity index (χ0n) is 11.1. The number of carbonyl (C=O) groups excluding carboxylic acids is 1. The van der Waals surface area contributed by atoms with Gasteiger partial charge in [0.25, 0.3) is 0 Å². The number of hydrogen-bond acceptors (Lipinski definition) is 2. The fourth-order valence-electron chi connectivity index (χ4n) is 2.24. The Hall–Kier alpha value is -1.15. The summed E-state index contributed by atoms with van der Waals surface area (Å²) in [5, 5.41) is 0. The summed E-state index contributed by atoms with van der Waals surface area (Å²) in [6.07, 6.45) is 1.49. The molecule has 0 fully saturated rings. The highest BCUT2D eigenvalue weighted by molar-refractivity contribution is 5.75. The summed E-state index contributed by atoms with van der Waals surface area (Å²) in [5.41, 5.74) is 8.45. The lowest BCUT2D eigenvalue weighted by molar-refractivity contribution is -0.117. The molecule has 0 unspecified atom stereocenters. The highest BCUT2D eigenvalue weighted by atomic mass is 16.1. The van der Waals surface area contributed by atoms with Crippen molar-refractivity contribution in [2.45, 2.75) is 39.5 Å². The Bertz CT molecular complexity index is 371. The summed E-state index contributed by atoms with van der Waals surface area (Å²) in [6.45, 7) is 6.60. The molecule has 2 nitrogen and oxygen atoms in total. The van der Waals surface area contributed by atoms with Gasteiger partial charge < -0.3 is 10.5 Å². The van der Waals surface area contributed by atoms with Crippen LogP contribution >= 0.6 is 0 Å². The van der Waals surface area contributed by atoms with Crippen molar-refractivity contribution in [3.05, 3.63) is 35.4 Å². The van der Waals surface area contributed by atoms with Crippen LogP contribution in [-0.4, -0.2) is 12.3 Å². The van der Waals surface area contributed by atoms with E-state index < -0.39 is 0 Å². The van der Waals surface area contributed by atoms with Crippen molar-refractivity contribution in [3.63, 3.8) is 0 Å². The summed E-state index contributed by atoms with van der Waals surface area (Å²) >= 11 is 0. The van der Waals surface area contributed by atoms with Crippen LogP contribution in [0.2, 0.25) is 0 Å². The van der Waals surface area contributed by atoms with Crippen LogP contribution in [-0.2, 0) is 11.2 Å². The fraction of sp³-hybridized carbons (Fsp3) is 0.533. The molecule has 2 N–H and O–H groups in total. The van der Waals surface area contributed by atoms with E-state index in [1.165, 1.54) is 11.1 Å². The molecule has 0 radical (unpaired) electrons. The van der Waals surface area contributed by atoms with Crippen molar-refractivity contribution in [3.8, 4) is 0 Å². The number of carbonyl (C=O) groups is 1. The molecule has 0 spiro atoms. The van der Waals surface area contributed by atoms with E-state index in [9.17, 15) is 4.79 Å². The number of hydrogen-bond donors (Lipinski definition) is 1. The molecule has 17 heavy (non-hydrogen) atoms. The minimum Gasteiger partial charge on any atom is -0.330 e. The van der Waals surface area contributed by atoms with Gasteiger partial charge >= 0.3 is 0 Å². The summed E-state index contributed by atoms with van der Waals surface area (Å²) < 4.78 is 0. The topological polar surface area (TPSA) is 43.1 Å². The van der Waals surface area contributed by atoms with E-state index in [-0.39, 0.29) is 11.7 Å². The van der Waals surface area contributed by atoms with Gasteiger partial charge in [0, 0.05) is 6.42 Å². The van der Waals surface area contributed by atoms with Crippen LogP contribution in [0.15, 0.2) is 24.3 Å². The third-order valence-electron chi connectivity index (χ3n) is 3.10. The lowest BCUT2D eigenvalue weighted by Crippen LogP contribution is -2.20. The lowest BCUT2D eigenvalue weighted by atomic mass is 9.88. The van der Waals surface area contributed by atoms with Gasteiger partial charge in [-0.1, -0.05) is 38.1 Å². The number of rotatable bonds is 6. The Balaban J connectivity index is 2.82. The predicted octanol–water partition coefficient (Wildman–Crippen LogP) is 2.91. The molecule has 0 saturated heterocycles. The maximum atomic E-state index is 11.2. The van der Waals surface area contributed by atoms with Crippen LogP contribution in [0.25, 0.3) is 0 Å². The molecule has 0 aliphatic carbocycles. The Morgan fingerprint density at radius 1 is 1.29 bits per heavy atom. The normalized spacial score (nSPS) is 12.8. The fourth-order valence-corrected chi connectivity index (χ4v) is 2.24. The minimum absolute atomic E-state index is 0.225. The summed E-state index contributed by atoms with van der Waals surface area (Å²) in [6, 6.07) is 8.45. The van der Waals surface area contributed by atoms with E-state index in [0.29, 0.717) is 18.9 Å². The van der Waals surface area contributed by atoms with Gasteiger partial charge in [0.15, 0.2) is 0 Å². The number of ketones is 1. The smallest absolute Gasteiger partial charge is 0.130 e. The van der Waals surface area contributed by atoms with Gasteiger partial charge in [-0.3, -0.25) is 0 Å². The summed E-state index contributed by atoms with van der Waals surface area (Å²) in [5.74, 6) is 1.01. The SMILES string of the molecule is CC(=O)C[C@H](CN)Cc1ccccc1C(C)C. The van der Waals surface area contributed by atoms with Crippen molar-refractivity contribution in [2.75, 3.05) is 6.54 Å². The quantitative estimate of drug-likeness (QED) is 0.821. The molecule has 0 heterocycles. The van der Waals surface area contributed by atoms with Gasteiger partial charge in [0.05, 0.1) is 0 Å². The molecule has 0 aliphatic heterocycles. The Kier molecular flexibility index (Phi) is 5.36. The molecular formula is C15H23NO. The van der Waals surface area contributed by atoms with E-state index in [4.69, 9.17) is 5.73 Å². The third kappa shape index (κ3) is 4.31. The van der Waals surface area contributed by atoms with Crippen molar-refractivity contribution < 1.29 is 4.79 Å². The Morgan fingerprint density at radius 2 is 1.94 bits per heavy atom. The van der Waals surface area contributed by atoms with Gasteiger partial charge in [-0.2, -0.15) is 0 Å². The average Bonchev–Trinajstić information content (AvgIpc) is 2.28. The Morgan fingerprint density at radius 3 is 2.47 bits per heavy atom. The van der Waals surface area contributed by atoms with Crippen molar-refractivity contribution in [1.29, 1.82) is 0 Å². The molecular weight excluding hydrogens is 210 g/mol. The summed E-state index contributed by atoms with van der Waals surface area (Å²) in [4.78, 5) is 11.2. The van der Waals surface area contributed by atoms with Gasteiger partial charge in [0.2, 0.25) is 0 Å². The molecule has 1 aromatic rings. The highest BCUT2D eigenvalue weighted by Crippen LogP contribution is 2.22. The number of benzene rings is 1. The molecule has 0 saturated carbocycles. The first-order chi connectivity index (χ1) is 8.04. The van der Waals surface area contributed by atoms with Crippen LogP contribution in [0.1, 0.15) is 44.2 Å². The molecule has 1 atom stereocenters. The maximum Gasteiger partial charge on any atom is 0.130 e. The maximum absolute atomic E-state index is 11.2. The molecule has 0 amide bonds. The van der Waals surface area contributed by atoms with E-state index in [2.05, 4.69) is 38.1 Å². The van der Waals surface area contributed by atoms with E-state index in [1.54, 1.807) is 6.92 Å². The third-order valence-corrected chi connectivity index (χ3v) is 3.10. The second-order valence-electron chi connectivity index (χ2n) is 5.07. The molecule has 2 heteroatoms. The average molecular weight is 233 g/mol. The van der Waals surface area contributed by atoms with Gasteiger partial charge in [-0.25, -0.2) is 0 Å². The number of nitrogens with two attached hydrogens (primary N) is 1. The first-order valence-electron chi connectivity index (χ1n) is 6.31. The predicted molar refractivity (Wildman–Crippen MR) is 72.1 cm³/mol. The van der Waals surface area contributed by atoms with Crippen molar-refractivity contribution in [2.24, 2.45) is 11.7 Å². The molecule has 1 aromatic carbocycles. The van der Waals surface area contributed by atoms with Crippen LogP contribution < -0.4 is 5.73 Å². The van der Waals surface area contributed by atoms with Gasteiger partial charge in [-0.05, 0) is 42.9 Å². The van der Waals surface area contributed by atoms with Crippen LogP contribution in [0, 0.1) is 5.92 Å².